The number of aryl methyl sites for hydroxylation is 1. The zero-order valence-electron chi connectivity index (χ0n) is 18.1. The smallest absolute Gasteiger partial charge is 0.410 e. The van der Waals surface area contributed by atoms with E-state index in [1.54, 1.807) is 0 Å². The van der Waals surface area contributed by atoms with Crippen LogP contribution in [0, 0.1) is 6.92 Å². The number of nitrogens with zero attached hydrogens (tertiary/aromatic N) is 4. The van der Waals surface area contributed by atoms with Crippen molar-refractivity contribution in [3.05, 3.63) is 23.7 Å². The summed E-state index contributed by atoms with van der Waals surface area (Å²) < 4.78 is 11.6. The highest BCUT2D eigenvalue weighted by molar-refractivity contribution is 5.70. The lowest BCUT2D eigenvalue weighted by atomic mass is 9.91. The number of carbonyl (C=O) groups is 1. The largest absolute Gasteiger partial charge is 0.465 e. The first-order chi connectivity index (χ1) is 14.0. The maximum absolute atomic E-state index is 12.4. The Kier molecular flexibility index (Phi) is 6.47. The number of likely N-dealkylation sites (tertiary alicyclic amines) is 1. The van der Waals surface area contributed by atoms with Crippen LogP contribution in [0.2, 0.25) is 0 Å². The minimum Gasteiger partial charge on any atom is -0.465 e. The number of ether oxygens (including phenoxy) is 1. The van der Waals surface area contributed by atoms with Gasteiger partial charge in [0.1, 0.15) is 17.1 Å². The fraction of sp³-hybridized carbons (Fsp3) is 0.773. The van der Waals surface area contributed by atoms with Gasteiger partial charge in [0.2, 0.25) is 0 Å². The highest BCUT2D eigenvalue weighted by Crippen LogP contribution is 2.33. The van der Waals surface area contributed by atoms with Gasteiger partial charge in [-0.15, -0.1) is 0 Å². The van der Waals surface area contributed by atoms with Gasteiger partial charge in [0.25, 0.3) is 0 Å². The number of piperazine rings is 1. The molecule has 3 aliphatic rings. The molecule has 3 saturated heterocycles. The van der Waals surface area contributed by atoms with E-state index < -0.39 is 0 Å². The van der Waals surface area contributed by atoms with Crippen LogP contribution in [0.25, 0.3) is 0 Å². The molecule has 0 N–H and O–H groups in total. The molecule has 0 saturated carbocycles. The van der Waals surface area contributed by atoms with Gasteiger partial charge in [-0.1, -0.05) is 6.92 Å². The Balaban J connectivity index is 1.18. The Morgan fingerprint density at radius 3 is 2.34 bits per heavy atom. The molecule has 1 spiro atoms. The molecule has 0 aliphatic carbocycles. The molecule has 0 bridgehead atoms. The van der Waals surface area contributed by atoms with Crippen molar-refractivity contribution in [2.24, 2.45) is 0 Å². The monoisotopic (exact) mass is 404 g/mol. The molecule has 3 fully saturated rings. The molecule has 0 radical (unpaired) electrons. The van der Waals surface area contributed by atoms with E-state index in [0.29, 0.717) is 0 Å². The number of hydrogen-bond donors (Lipinski definition) is 0. The van der Waals surface area contributed by atoms with Gasteiger partial charge in [-0.25, -0.2) is 4.79 Å². The van der Waals surface area contributed by atoms with Crippen LogP contribution in [-0.2, 0) is 11.3 Å². The summed E-state index contributed by atoms with van der Waals surface area (Å²) in [5.74, 6) is 1.98. The quantitative estimate of drug-likeness (QED) is 0.696. The van der Waals surface area contributed by atoms with Crippen molar-refractivity contribution in [3.63, 3.8) is 0 Å². The molecule has 1 aromatic heterocycles. The second-order valence-corrected chi connectivity index (χ2v) is 8.89. The number of furan rings is 1. The van der Waals surface area contributed by atoms with Gasteiger partial charge >= 0.3 is 6.09 Å². The minimum absolute atomic E-state index is 0.115. The zero-order valence-corrected chi connectivity index (χ0v) is 18.1. The molecule has 7 heteroatoms. The fourth-order valence-electron chi connectivity index (χ4n) is 4.85. The van der Waals surface area contributed by atoms with Crippen LogP contribution in [-0.4, -0.2) is 96.7 Å². The average molecular weight is 405 g/mol. The highest BCUT2D eigenvalue weighted by Gasteiger charge is 2.46. The molecule has 162 valence electrons. The molecule has 3 aliphatic heterocycles. The lowest BCUT2D eigenvalue weighted by Crippen LogP contribution is -2.47. The van der Waals surface area contributed by atoms with E-state index in [9.17, 15) is 4.79 Å². The molecular weight excluding hydrogens is 368 g/mol. The van der Waals surface area contributed by atoms with E-state index >= 15 is 0 Å². The Morgan fingerprint density at radius 1 is 0.966 bits per heavy atom. The van der Waals surface area contributed by atoms with Crippen LogP contribution in [0.3, 0.4) is 0 Å². The van der Waals surface area contributed by atoms with Crippen LogP contribution in [0.15, 0.2) is 16.5 Å². The van der Waals surface area contributed by atoms with Crippen LogP contribution in [0.1, 0.15) is 37.7 Å². The van der Waals surface area contributed by atoms with Gasteiger partial charge in [-0.2, -0.15) is 0 Å². The van der Waals surface area contributed by atoms with Gasteiger partial charge in [-0.05, 0) is 38.6 Å². The van der Waals surface area contributed by atoms with Gasteiger partial charge in [0, 0.05) is 58.7 Å². The SMILES string of the molecule is CCN1CCN(CCCN2CC3(CCN(Cc4ccc(C)o4)CC3)OC2=O)CC1. The number of hydrogen-bond acceptors (Lipinski definition) is 6. The lowest BCUT2D eigenvalue weighted by Gasteiger charge is -2.37. The first kappa shape index (κ1) is 20.7. The Morgan fingerprint density at radius 2 is 1.69 bits per heavy atom. The van der Waals surface area contributed by atoms with E-state index in [-0.39, 0.29) is 11.7 Å². The van der Waals surface area contributed by atoms with Crippen molar-refractivity contribution < 1.29 is 13.9 Å². The van der Waals surface area contributed by atoms with E-state index in [1.807, 2.05) is 17.9 Å². The molecule has 0 unspecified atom stereocenters. The standard InChI is InChI=1S/C22H36N4O3/c1-3-23-13-15-24(16-14-23)9-4-10-26-18-22(29-21(26)27)7-11-25(12-8-22)17-20-6-5-19(2)28-20/h5-6H,3-4,7-18H2,1-2H3. The third-order valence-corrected chi connectivity index (χ3v) is 6.80. The maximum atomic E-state index is 12.4. The van der Waals surface area contributed by atoms with Gasteiger partial charge in [0.05, 0.1) is 13.1 Å². The summed E-state index contributed by atoms with van der Waals surface area (Å²) in [7, 11) is 0. The Bertz CT molecular complexity index is 675. The molecule has 4 rings (SSSR count). The Hall–Kier alpha value is -1.57. The summed E-state index contributed by atoms with van der Waals surface area (Å²) in [6, 6.07) is 4.07. The van der Waals surface area contributed by atoms with Gasteiger partial charge in [-0.3, -0.25) is 4.90 Å². The number of amides is 1. The molecule has 4 heterocycles. The number of rotatable bonds is 7. The first-order valence-corrected chi connectivity index (χ1v) is 11.3. The summed E-state index contributed by atoms with van der Waals surface area (Å²) >= 11 is 0. The van der Waals surface area contributed by atoms with Crippen LogP contribution in [0.5, 0.6) is 0 Å². The third-order valence-electron chi connectivity index (χ3n) is 6.80. The van der Waals surface area contributed by atoms with E-state index in [1.165, 1.54) is 13.1 Å². The summed E-state index contributed by atoms with van der Waals surface area (Å²) in [6.07, 6.45) is 2.74. The van der Waals surface area contributed by atoms with Crippen LogP contribution >= 0.6 is 0 Å². The summed E-state index contributed by atoms with van der Waals surface area (Å²) in [4.78, 5) is 21.8. The molecule has 0 aromatic carbocycles. The van der Waals surface area contributed by atoms with Gasteiger partial charge in [0.15, 0.2) is 0 Å². The zero-order chi connectivity index (χ0) is 20.3. The van der Waals surface area contributed by atoms with E-state index in [4.69, 9.17) is 9.15 Å². The van der Waals surface area contributed by atoms with Crippen molar-refractivity contribution in [3.8, 4) is 0 Å². The second-order valence-electron chi connectivity index (χ2n) is 8.89. The predicted octanol–water partition coefficient (Wildman–Crippen LogP) is 2.40. The first-order valence-electron chi connectivity index (χ1n) is 11.3. The van der Waals surface area contributed by atoms with Crippen molar-refractivity contribution in [1.82, 2.24) is 19.6 Å². The Labute approximate surface area is 174 Å². The number of likely N-dealkylation sites (N-methyl/N-ethyl adjacent to an activating group) is 1. The van der Waals surface area contributed by atoms with Crippen LogP contribution < -0.4 is 0 Å². The summed E-state index contributed by atoms with van der Waals surface area (Å²) in [5, 5.41) is 0. The van der Waals surface area contributed by atoms with Crippen molar-refractivity contribution >= 4 is 6.09 Å². The average Bonchev–Trinajstić information content (AvgIpc) is 3.27. The molecule has 0 atom stereocenters. The lowest BCUT2D eigenvalue weighted by molar-refractivity contribution is -0.00266. The van der Waals surface area contributed by atoms with Crippen molar-refractivity contribution in [2.75, 3.05) is 65.4 Å². The van der Waals surface area contributed by atoms with Gasteiger partial charge < -0.3 is 23.9 Å². The maximum Gasteiger partial charge on any atom is 0.410 e. The van der Waals surface area contributed by atoms with E-state index in [2.05, 4.69) is 27.7 Å². The summed E-state index contributed by atoms with van der Waals surface area (Å²) in [5.41, 5.74) is -0.278. The van der Waals surface area contributed by atoms with Crippen LogP contribution in [0.4, 0.5) is 4.79 Å². The molecule has 29 heavy (non-hydrogen) atoms. The number of piperidine rings is 1. The van der Waals surface area contributed by atoms with Crippen molar-refractivity contribution in [2.45, 2.75) is 45.3 Å². The normalized spacial score (nSPS) is 23.8. The molecule has 7 nitrogen and oxygen atoms in total. The summed E-state index contributed by atoms with van der Waals surface area (Å²) in [6.45, 7) is 15.3. The molecular formula is C22H36N4O3. The molecule has 1 aromatic rings. The number of carbonyl (C=O) groups excluding carboxylic acids is 1. The van der Waals surface area contributed by atoms with Crippen molar-refractivity contribution in [1.29, 1.82) is 0 Å². The fourth-order valence-corrected chi connectivity index (χ4v) is 4.85. The predicted molar refractivity (Wildman–Crippen MR) is 112 cm³/mol. The second kappa shape index (κ2) is 9.06. The van der Waals surface area contributed by atoms with E-state index in [0.717, 1.165) is 89.7 Å². The topological polar surface area (TPSA) is 52.4 Å². The highest BCUT2D eigenvalue weighted by atomic mass is 16.6. The minimum atomic E-state index is -0.278. The molecule has 1 amide bonds. The third kappa shape index (κ3) is 5.13.